The zero-order chi connectivity index (χ0) is 14.9. The summed E-state index contributed by atoms with van der Waals surface area (Å²) in [4.78, 5) is 10.7. The van der Waals surface area contributed by atoms with Gasteiger partial charge in [-0.2, -0.15) is 0 Å². The number of nitrogens with two attached hydrogens (primary N) is 1. The lowest BCUT2D eigenvalue weighted by Gasteiger charge is -2.11. The van der Waals surface area contributed by atoms with Gasteiger partial charge in [0.05, 0.1) is 22.6 Å². The predicted molar refractivity (Wildman–Crippen MR) is 67.4 cm³/mol. The van der Waals surface area contributed by atoms with Gasteiger partial charge in [0.15, 0.2) is 0 Å². The van der Waals surface area contributed by atoms with Crippen LogP contribution in [-0.2, 0) is 0 Å². The third-order valence-electron chi connectivity index (χ3n) is 2.57. The monoisotopic (exact) mass is 282 g/mol. The minimum absolute atomic E-state index is 0.0583. The molecular weight excluding hydrogens is 273 g/mol. The Bertz CT molecular complexity index is 690. The largest absolute Gasteiger partial charge is 0.478 e. The molecule has 0 aromatic heterocycles. The van der Waals surface area contributed by atoms with Crippen LogP contribution in [0.1, 0.15) is 10.4 Å². The standard InChI is InChI=1S/C13H9F3N2O2/c14-6-1-2-8(15)11(3-6)18-12-5-9(16)7(13(19)20)4-10(12)17/h1-5,18H,17H2,(H,19,20). The van der Waals surface area contributed by atoms with Crippen molar-refractivity contribution >= 4 is 23.0 Å². The molecule has 20 heavy (non-hydrogen) atoms. The van der Waals surface area contributed by atoms with Crippen LogP contribution in [-0.4, -0.2) is 11.1 Å². The van der Waals surface area contributed by atoms with Crippen molar-refractivity contribution in [1.29, 1.82) is 0 Å². The Morgan fingerprint density at radius 1 is 1.05 bits per heavy atom. The highest BCUT2D eigenvalue weighted by Gasteiger charge is 2.14. The molecule has 0 radical (unpaired) electrons. The first-order valence-electron chi connectivity index (χ1n) is 5.43. The quantitative estimate of drug-likeness (QED) is 0.756. The number of halogens is 3. The van der Waals surface area contributed by atoms with Crippen LogP contribution >= 0.6 is 0 Å². The summed E-state index contributed by atoms with van der Waals surface area (Å²) in [6.07, 6.45) is 0. The van der Waals surface area contributed by atoms with Gasteiger partial charge in [-0.05, 0) is 18.2 Å². The predicted octanol–water partition coefficient (Wildman–Crippen LogP) is 3.13. The number of aromatic carboxylic acids is 1. The van der Waals surface area contributed by atoms with Crippen molar-refractivity contribution < 1.29 is 23.1 Å². The van der Waals surface area contributed by atoms with Gasteiger partial charge in [-0.25, -0.2) is 18.0 Å². The van der Waals surface area contributed by atoms with E-state index in [2.05, 4.69) is 5.32 Å². The third kappa shape index (κ3) is 2.66. The first-order valence-corrected chi connectivity index (χ1v) is 5.43. The molecule has 0 amide bonds. The maximum atomic E-state index is 13.5. The first kappa shape index (κ1) is 13.7. The van der Waals surface area contributed by atoms with E-state index in [4.69, 9.17) is 10.8 Å². The maximum absolute atomic E-state index is 13.5. The van der Waals surface area contributed by atoms with E-state index in [-0.39, 0.29) is 17.1 Å². The summed E-state index contributed by atoms with van der Waals surface area (Å²) < 4.78 is 40.0. The summed E-state index contributed by atoms with van der Waals surface area (Å²) in [5, 5.41) is 11.1. The van der Waals surface area contributed by atoms with Gasteiger partial charge in [0, 0.05) is 12.1 Å². The molecule has 2 aromatic carbocycles. The van der Waals surface area contributed by atoms with Crippen LogP contribution in [0.4, 0.5) is 30.2 Å². The van der Waals surface area contributed by atoms with Crippen molar-refractivity contribution in [3.63, 3.8) is 0 Å². The minimum atomic E-state index is -1.47. The van der Waals surface area contributed by atoms with Gasteiger partial charge < -0.3 is 16.2 Å². The van der Waals surface area contributed by atoms with Crippen molar-refractivity contribution in [2.75, 3.05) is 11.1 Å². The number of carboxylic acid groups (broad SMARTS) is 1. The molecule has 0 aliphatic carbocycles. The van der Waals surface area contributed by atoms with E-state index in [0.717, 1.165) is 30.3 Å². The smallest absolute Gasteiger partial charge is 0.338 e. The van der Waals surface area contributed by atoms with Crippen LogP contribution in [0.2, 0.25) is 0 Å². The number of carboxylic acids is 1. The highest BCUT2D eigenvalue weighted by molar-refractivity contribution is 5.91. The Hall–Kier alpha value is -2.70. The lowest BCUT2D eigenvalue weighted by atomic mass is 10.1. The molecule has 2 aromatic rings. The molecule has 104 valence electrons. The Kier molecular flexibility index (Phi) is 3.51. The zero-order valence-electron chi connectivity index (χ0n) is 9.95. The lowest BCUT2D eigenvalue weighted by Crippen LogP contribution is -2.05. The third-order valence-corrected chi connectivity index (χ3v) is 2.57. The van der Waals surface area contributed by atoms with E-state index in [1.54, 1.807) is 0 Å². The zero-order valence-corrected chi connectivity index (χ0v) is 9.95. The van der Waals surface area contributed by atoms with Crippen LogP contribution in [0.5, 0.6) is 0 Å². The van der Waals surface area contributed by atoms with Crippen LogP contribution in [0, 0.1) is 17.5 Å². The van der Waals surface area contributed by atoms with Gasteiger partial charge in [-0.15, -0.1) is 0 Å². The van der Waals surface area contributed by atoms with Crippen molar-refractivity contribution in [2.45, 2.75) is 0 Å². The molecule has 0 spiro atoms. The fourth-order valence-electron chi connectivity index (χ4n) is 1.60. The molecule has 4 nitrogen and oxygen atoms in total. The highest BCUT2D eigenvalue weighted by atomic mass is 19.1. The molecule has 7 heteroatoms. The summed E-state index contributed by atoms with van der Waals surface area (Å²) >= 11 is 0. The SMILES string of the molecule is Nc1cc(C(=O)O)c(F)cc1Nc1cc(F)ccc1F. The van der Waals surface area contributed by atoms with Gasteiger partial charge in [-0.3, -0.25) is 0 Å². The fraction of sp³-hybridized carbons (Fsp3) is 0. The van der Waals surface area contributed by atoms with Gasteiger partial charge in [-0.1, -0.05) is 0 Å². The Morgan fingerprint density at radius 3 is 2.40 bits per heavy atom. The van der Waals surface area contributed by atoms with E-state index < -0.39 is 29.0 Å². The van der Waals surface area contributed by atoms with Crippen molar-refractivity contribution in [2.24, 2.45) is 0 Å². The molecule has 0 atom stereocenters. The van der Waals surface area contributed by atoms with Gasteiger partial charge in [0.25, 0.3) is 0 Å². The van der Waals surface area contributed by atoms with Crippen LogP contribution < -0.4 is 11.1 Å². The normalized spacial score (nSPS) is 10.3. The van der Waals surface area contributed by atoms with Gasteiger partial charge >= 0.3 is 5.97 Å². The first-order chi connectivity index (χ1) is 9.38. The summed E-state index contributed by atoms with van der Waals surface area (Å²) in [6.45, 7) is 0. The lowest BCUT2D eigenvalue weighted by molar-refractivity contribution is 0.0692. The Morgan fingerprint density at radius 2 is 1.75 bits per heavy atom. The Balaban J connectivity index is 2.42. The molecule has 4 N–H and O–H groups in total. The molecule has 2 rings (SSSR count). The van der Waals surface area contributed by atoms with Crippen molar-refractivity contribution in [1.82, 2.24) is 0 Å². The molecule has 0 aliphatic rings. The number of hydrogen-bond donors (Lipinski definition) is 3. The summed E-state index contributed by atoms with van der Waals surface area (Å²) in [6, 6.07) is 4.41. The second kappa shape index (κ2) is 5.12. The molecule has 0 bridgehead atoms. The topological polar surface area (TPSA) is 75.4 Å². The van der Waals surface area contributed by atoms with E-state index in [9.17, 15) is 18.0 Å². The van der Waals surface area contributed by atoms with Gasteiger partial charge in [0.2, 0.25) is 0 Å². The van der Waals surface area contributed by atoms with Crippen molar-refractivity contribution in [3.8, 4) is 0 Å². The van der Waals surface area contributed by atoms with Crippen molar-refractivity contribution in [3.05, 3.63) is 53.3 Å². The van der Waals surface area contributed by atoms with E-state index >= 15 is 0 Å². The average Bonchev–Trinajstić information content (AvgIpc) is 2.37. The number of hydrogen-bond acceptors (Lipinski definition) is 3. The van der Waals surface area contributed by atoms with Crippen LogP contribution in [0.25, 0.3) is 0 Å². The summed E-state index contributed by atoms with van der Waals surface area (Å²) in [7, 11) is 0. The molecule has 0 fully saturated rings. The number of carbonyl (C=O) groups is 1. The molecule has 0 saturated heterocycles. The van der Waals surface area contributed by atoms with Crippen LogP contribution in [0.3, 0.4) is 0 Å². The van der Waals surface area contributed by atoms with E-state index in [1.807, 2.05) is 0 Å². The second-order valence-electron chi connectivity index (χ2n) is 3.97. The number of nitrogen functional groups attached to an aromatic ring is 1. The molecule has 0 heterocycles. The number of anilines is 3. The Labute approximate surface area is 111 Å². The minimum Gasteiger partial charge on any atom is -0.478 e. The number of benzene rings is 2. The molecular formula is C13H9F3N2O2. The molecule has 0 unspecified atom stereocenters. The highest BCUT2D eigenvalue weighted by Crippen LogP contribution is 2.28. The molecule has 0 aliphatic heterocycles. The number of rotatable bonds is 3. The summed E-state index contributed by atoms with van der Waals surface area (Å²) in [5.41, 5.74) is 4.55. The molecule has 0 saturated carbocycles. The maximum Gasteiger partial charge on any atom is 0.338 e. The van der Waals surface area contributed by atoms with Gasteiger partial charge in [0.1, 0.15) is 17.5 Å². The van der Waals surface area contributed by atoms with E-state index in [1.165, 1.54) is 0 Å². The average molecular weight is 282 g/mol. The van der Waals surface area contributed by atoms with E-state index in [0.29, 0.717) is 0 Å². The summed E-state index contributed by atoms with van der Waals surface area (Å²) in [5.74, 6) is -3.95. The number of nitrogens with one attached hydrogen (secondary N) is 1. The fourth-order valence-corrected chi connectivity index (χ4v) is 1.60. The second-order valence-corrected chi connectivity index (χ2v) is 3.97. The van der Waals surface area contributed by atoms with Crippen LogP contribution in [0.15, 0.2) is 30.3 Å².